The minimum atomic E-state index is -4.72. The van der Waals surface area contributed by atoms with E-state index in [0.29, 0.717) is 25.1 Å². The molecule has 0 saturated heterocycles. The fraction of sp³-hybridized carbons (Fsp3) is 0.333. The van der Waals surface area contributed by atoms with Crippen LogP contribution in [0.5, 0.6) is 0 Å². The Kier molecular flexibility index (Phi) is 5.50. The Balaban J connectivity index is 1.70. The molecule has 4 rings (SSSR count). The number of rotatable bonds is 7. The molecule has 1 fully saturated rings. The number of anilines is 1. The number of hydrogen-bond acceptors (Lipinski definition) is 3. The predicted molar refractivity (Wildman–Crippen MR) is 111 cm³/mol. The smallest absolute Gasteiger partial charge is 0.313 e. The molecular weight excluding hydrogens is 445 g/mol. The SMILES string of the molecule is CCCn1cc(-n2cc(-c3ccc(NS(=O)(=O)C4CC4)cc3C(F)(F)F)c#[n+]2)ccc1=O. The highest BCUT2D eigenvalue weighted by Crippen LogP contribution is 2.39. The summed E-state index contributed by atoms with van der Waals surface area (Å²) >= 11 is 0. The van der Waals surface area contributed by atoms with Crippen molar-refractivity contribution >= 4 is 15.7 Å². The zero-order valence-electron chi connectivity index (χ0n) is 17.1. The summed E-state index contributed by atoms with van der Waals surface area (Å²) in [7, 11) is -3.69. The third-order valence-corrected chi connectivity index (χ3v) is 6.93. The number of nitrogens with one attached hydrogen (secondary N) is 1. The molecule has 0 aliphatic heterocycles. The molecule has 168 valence electrons. The zero-order chi connectivity index (χ0) is 23.1. The molecule has 0 unspecified atom stereocenters. The highest BCUT2D eigenvalue weighted by Gasteiger charge is 2.38. The average Bonchev–Trinajstić information content (AvgIpc) is 3.48. The van der Waals surface area contributed by atoms with Gasteiger partial charge in [0.1, 0.15) is 17.4 Å². The molecule has 1 aliphatic carbocycles. The van der Waals surface area contributed by atoms with Crippen molar-refractivity contribution in [3.05, 3.63) is 64.8 Å². The van der Waals surface area contributed by atoms with E-state index in [1.807, 2.05) is 6.92 Å². The van der Waals surface area contributed by atoms with Crippen LogP contribution in [0, 0.1) is 6.20 Å². The quantitative estimate of drug-likeness (QED) is 0.581. The molecule has 0 spiro atoms. The van der Waals surface area contributed by atoms with Gasteiger partial charge in [0.05, 0.1) is 15.9 Å². The molecule has 1 aromatic carbocycles. The normalized spacial score (nSPS) is 14.2. The first kappa shape index (κ1) is 22.0. The zero-order valence-corrected chi connectivity index (χ0v) is 17.9. The molecule has 3 aromatic rings. The number of sulfonamides is 1. The third kappa shape index (κ3) is 4.50. The van der Waals surface area contributed by atoms with E-state index in [1.165, 1.54) is 39.7 Å². The Morgan fingerprint density at radius 1 is 1.19 bits per heavy atom. The van der Waals surface area contributed by atoms with Gasteiger partial charge in [0.15, 0.2) is 0 Å². The van der Waals surface area contributed by atoms with E-state index in [1.54, 1.807) is 6.20 Å². The highest BCUT2D eigenvalue weighted by molar-refractivity contribution is 7.93. The fourth-order valence-corrected chi connectivity index (χ4v) is 4.70. The van der Waals surface area contributed by atoms with E-state index in [0.717, 1.165) is 12.5 Å². The Labute approximate surface area is 182 Å². The monoisotopic (exact) mass is 465 g/mol. The first-order chi connectivity index (χ1) is 15.1. The molecule has 32 heavy (non-hydrogen) atoms. The summed E-state index contributed by atoms with van der Waals surface area (Å²) in [6.07, 6.45) is 2.56. The summed E-state index contributed by atoms with van der Waals surface area (Å²) in [6, 6.07) is 6.16. The van der Waals surface area contributed by atoms with Crippen molar-refractivity contribution in [2.24, 2.45) is 0 Å². The molecule has 0 radical (unpaired) electrons. The van der Waals surface area contributed by atoms with Crippen LogP contribution in [0.1, 0.15) is 31.7 Å². The van der Waals surface area contributed by atoms with Crippen molar-refractivity contribution < 1.29 is 26.7 Å². The standard InChI is InChI=1S/C21H20F3N4O3S/c1-2-9-27-13-16(4-8-20(27)29)28-12-14(11-25-28)18-7-3-15(10-19(18)21(22,23)24)26-32(30,31)17-5-6-17/h3-4,7-8,10,12-13,17,26H,2,5-6,9H2,1H3/q+1. The number of benzene rings is 1. The molecule has 0 atom stereocenters. The van der Waals surface area contributed by atoms with E-state index < -0.39 is 27.0 Å². The van der Waals surface area contributed by atoms with Gasteiger partial charge in [0.25, 0.3) is 5.56 Å². The lowest BCUT2D eigenvalue weighted by Crippen LogP contribution is -2.20. The molecule has 1 aliphatic rings. The lowest BCUT2D eigenvalue weighted by molar-refractivity contribution is -0.400. The van der Waals surface area contributed by atoms with Gasteiger partial charge >= 0.3 is 12.4 Å². The van der Waals surface area contributed by atoms with Crippen LogP contribution in [0.4, 0.5) is 18.9 Å². The Morgan fingerprint density at radius 2 is 1.94 bits per heavy atom. The van der Waals surface area contributed by atoms with E-state index >= 15 is 0 Å². The highest BCUT2D eigenvalue weighted by atomic mass is 32.2. The average molecular weight is 465 g/mol. The van der Waals surface area contributed by atoms with Crippen molar-refractivity contribution in [2.45, 2.75) is 44.2 Å². The van der Waals surface area contributed by atoms with Crippen LogP contribution >= 0.6 is 0 Å². The Bertz CT molecular complexity index is 1310. The van der Waals surface area contributed by atoms with Crippen LogP contribution in [-0.4, -0.2) is 22.9 Å². The van der Waals surface area contributed by atoms with Gasteiger partial charge in [-0.1, -0.05) is 13.0 Å². The van der Waals surface area contributed by atoms with Gasteiger partial charge in [-0.2, -0.15) is 13.2 Å². The van der Waals surface area contributed by atoms with Gasteiger partial charge in [-0.25, -0.2) is 8.42 Å². The maximum Gasteiger partial charge on any atom is 0.417 e. The van der Waals surface area contributed by atoms with E-state index in [2.05, 4.69) is 16.0 Å². The van der Waals surface area contributed by atoms with Crippen LogP contribution in [0.15, 0.2) is 47.5 Å². The molecular formula is C21H20F3N4O3S+. The summed E-state index contributed by atoms with van der Waals surface area (Å²) in [6.45, 7) is 2.42. The number of alkyl halides is 3. The number of nitrogens with zero attached hydrogens (tertiary/aromatic N) is 3. The number of aromatic nitrogens is 3. The second-order valence-electron chi connectivity index (χ2n) is 7.62. The lowest BCUT2D eigenvalue weighted by atomic mass is 10.0. The van der Waals surface area contributed by atoms with Crippen LogP contribution in [0.2, 0.25) is 0 Å². The number of halogens is 3. The van der Waals surface area contributed by atoms with Crippen LogP contribution in [0.25, 0.3) is 16.8 Å². The molecule has 1 saturated carbocycles. The second-order valence-corrected chi connectivity index (χ2v) is 9.58. The maximum atomic E-state index is 13.8. The van der Waals surface area contributed by atoms with Gasteiger partial charge < -0.3 is 4.57 Å². The van der Waals surface area contributed by atoms with Crippen molar-refractivity contribution in [1.82, 2.24) is 9.25 Å². The molecule has 11 heteroatoms. The molecule has 7 nitrogen and oxygen atoms in total. The van der Waals surface area contributed by atoms with Crippen LogP contribution < -0.4 is 15.4 Å². The van der Waals surface area contributed by atoms with Gasteiger partial charge in [-0.3, -0.25) is 9.52 Å². The first-order valence-corrected chi connectivity index (χ1v) is 11.5. The molecule has 2 aromatic heterocycles. The van der Waals surface area contributed by atoms with Crippen molar-refractivity contribution in [1.29, 1.82) is 0 Å². The summed E-state index contributed by atoms with van der Waals surface area (Å²) in [4.78, 5) is 11.9. The Hall–Kier alpha value is -3.26. The fourth-order valence-electron chi connectivity index (χ4n) is 3.32. The van der Waals surface area contributed by atoms with E-state index in [4.69, 9.17) is 0 Å². The van der Waals surface area contributed by atoms with Crippen molar-refractivity contribution in [3.8, 4) is 16.8 Å². The topological polar surface area (TPSA) is 87.2 Å². The van der Waals surface area contributed by atoms with Gasteiger partial charge in [0, 0.05) is 30.1 Å². The molecule has 2 heterocycles. The Morgan fingerprint density at radius 3 is 2.59 bits per heavy atom. The number of aryl methyl sites for hydroxylation is 1. The van der Waals surface area contributed by atoms with Gasteiger partial charge in [0.2, 0.25) is 10.0 Å². The summed E-state index contributed by atoms with van der Waals surface area (Å²) in [5.74, 6) is 0. The van der Waals surface area contributed by atoms with E-state index in [-0.39, 0.29) is 22.4 Å². The second kappa shape index (κ2) is 8.02. The van der Waals surface area contributed by atoms with Gasteiger partial charge in [-0.15, -0.1) is 0 Å². The largest absolute Gasteiger partial charge is 0.417 e. The van der Waals surface area contributed by atoms with E-state index in [9.17, 15) is 26.4 Å². The number of pyridine rings is 1. The minimum Gasteiger partial charge on any atom is -0.313 e. The maximum absolute atomic E-state index is 13.8. The van der Waals surface area contributed by atoms with Crippen molar-refractivity contribution in [3.63, 3.8) is 0 Å². The molecule has 0 bridgehead atoms. The van der Waals surface area contributed by atoms with Crippen LogP contribution in [-0.2, 0) is 22.7 Å². The third-order valence-electron chi connectivity index (χ3n) is 5.06. The summed E-state index contributed by atoms with van der Waals surface area (Å²) < 4.78 is 70.6. The summed E-state index contributed by atoms with van der Waals surface area (Å²) in [5.41, 5.74) is -0.923. The molecule has 1 N–H and O–H groups in total. The van der Waals surface area contributed by atoms with Gasteiger partial charge in [-0.05, 0) is 42.1 Å². The minimum absolute atomic E-state index is 0.0853. The van der Waals surface area contributed by atoms with Crippen LogP contribution in [0.3, 0.4) is 0 Å². The van der Waals surface area contributed by atoms with Crippen molar-refractivity contribution in [2.75, 3.05) is 4.72 Å². The lowest BCUT2D eigenvalue weighted by Gasteiger charge is -2.14. The number of hydrogen-bond donors (Lipinski definition) is 1. The predicted octanol–water partition coefficient (Wildman–Crippen LogP) is 3.04. The molecule has 0 amide bonds. The summed E-state index contributed by atoms with van der Waals surface area (Å²) in [5, 5.41) is 3.47. The first-order valence-electron chi connectivity index (χ1n) is 10.00.